The fourth-order valence-electron chi connectivity index (χ4n) is 3.77. The number of benzene rings is 1. The minimum Gasteiger partial charge on any atom is -0.463 e. The molecule has 0 aromatic heterocycles. The molecule has 152 valence electrons. The molecule has 3 rings (SSSR count). The van der Waals surface area contributed by atoms with Gasteiger partial charge in [-0.15, -0.1) is 0 Å². The van der Waals surface area contributed by atoms with E-state index in [0.717, 1.165) is 29.9 Å². The lowest BCUT2D eigenvalue weighted by atomic mass is 9.91. The van der Waals surface area contributed by atoms with Crippen LogP contribution in [0.1, 0.15) is 31.0 Å². The van der Waals surface area contributed by atoms with Crippen molar-refractivity contribution >= 4 is 12.0 Å². The van der Waals surface area contributed by atoms with E-state index in [9.17, 15) is 9.59 Å². The number of nitrogens with zero attached hydrogens (tertiary/aromatic N) is 2. The molecule has 1 atom stereocenters. The lowest BCUT2D eigenvalue weighted by Crippen LogP contribution is -2.51. The van der Waals surface area contributed by atoms with E-state index < -0.39 is 6.04 Å². The van der Waals surface area contributed by atoms with Crippen molar-refractivity contribution in [3.05, 3.63) is 46.7 Å². The van der Waals surface area contributed by atoms with Gasteiger partial charge in [-0.1, -0.05) is 24.3 Å². The van der Waals surface area contributed by atoms with E-state index in [-0.39, 0.29) is 18.6 Å². The number of carbonyl (C=O) groups excluding carboxylic acids is 2. The molecule has 1 aromatic rings. The van der Waals surface area contributed by atoms with Crippen LogP contribution in [0.5, 0.6) is 0 Å². The van der Waals surface area contributed by atoms with Gasteiger partial charge in [-0.3, -0.25) is 9.80 Å². The number of esters is 1. The normalized spacial score (nSPS) is 20.9. The van der Waals surface area contributed by atoms with Crippen molar-refractivity contribution < 1.29 is 19.1 Å². The maximum absolute atomic E-state index is 13.0. The highest BCUT2D eigenvalue weighted by Crippen LogP contribution is 2.33. The molecule has 1 saturated heterocycles. The molecule has 0 bridgehead atoms. The van der Waals surface area contributed by atoms with Crippen LogP contribution in [0.2, 0.25) is 0 Å². The molecule has 2 amide bonds. The topological polar surface area (TPSA) is 71.1 Å². The zero-order chi connectivity index (χ0) is 20.1. The first-order chi connectivity index (χ1) is 13.6. The Kier molecular flexibility index (Phi) is 6.70. The Morgan fingerprint density at radius 1 is 1.25 bits per heavy atom. The summed E-state index contributed by atoms with van der Waals surface area (Å²) in [6.07, 6.45) is 0. The van der Waals surface area contributed by atoms with Gasteiger partial charge in [0.05, 0.1) is 31.4 Å². The Morgan fingerprint density at radius 2 is 1.96 bits per heavy atom. The summed E-state index contributed by atoms with van der Waals surface area (Å²) in [6.45, 7) is 9.82. The van der Waals surface area contributed by atoms with Gasteiger partial charge in [0.1, 0.15) is 0 Å². The molecule has 7 heteroatoms. The molecular formula is C21H29N3O4. The second kappa shape index (κ2) is 9.21. The minimum atomic E-state index is -0.522. The summed E-state index contributed by atoms with van der Waals surface area (Å²) in [7, 11) is 0. The number of hydrogen-bond donors (Lipinski definition) is 1. The standard InChI is InChI=1S/C21H29N3O4/c1-4-24-17(14-23-10-12-27-13-11-23)18(20(25)28-5-2)19(22-21(24)26)16-9-7-6-8-15(16)3/h6-9,19H,4-5,10-14H2,1-3H3,(H,22,26)/t19-/m0/s1. The van der Waals surface area contributed by atoms with Gasteiger partial charge in [0.15, 0.2) is 0 Å². The maximum atomic E-state index is 13.0. The fourth-order valence-corrected chi connectivity index (χ4v) is 3.77. The SMILES string of the molecule is CCOC(=O)C1=C(CN2CCOCC2)N(CC)C(=O)N[C@H]1c1ccccc1C. The van der Waals surface area contributed by atoms with E-state index in [1.54, 1.807) is 11.8 Å². The van der Waals surface area contributed by atoms with Crippen LogP contribution in [0.4, 0.5) is 4.79 Å². The zero-order valence-corrected chi connectivity index (χ0v) is 16.9. The second-order valence-electron chi connectivity index (χ2n) is 6.95. The van der Waals surface area contributed by atoms with Gasteiger partial charge in [-0.05, 0) is 31.9 Å². The van der Waals surface area contributed by atoms with Crippen molar-refractivity contribution in [3.63, 3.8) is 0 Å². The number of aryl methyl sites for hydroxylation is 1. The minimum absolute atomic E-state index is 0.188. The quantitative estimate of drug-likeness (QED) is 0.758. The van der Waals surface area contributed by atoms with Crippen LogP contribution in [0.15, 0.2) is 35.5 Å². The lowest BCUT2D eigenvalue weighted by molar-refractivity contribution is -0.139. The van der Waals surface area contributed by atoms with E-state index in [4.69, 9.17) is 9.47 Å². The largest absolute Gasteiger partial charge is 0.463 e. The predicted octanol–water partition coefficient (Wildman–Crippen LogP) is 2.23. The van der Waals surface area contributed by atoms with Crippen LogP contribution in [0.3, 0.4) is 0 Å². The zero-order valence-electron chi connectivity index (χ0n) is 16.9. The summed E-state index contributed by atoms with van der Waals surface area (Å²) in [5.41, 5.74) is 3.17. The molecule has 0 saturated carbocycles. The number of rotatable bonds is 6. The number of likely N-dealkylation sites (N-methyl/N-ethyl adjacent to an activating group) is 1. The summed E-state index contributed by atoms with van der Waals surface area (Å²) >= 11 is 0. The summed E-state index contributed by atoms with van der Waals surface area (Å²) in [5, 5.41) is 3.02. The number of amides is 2. The third kappa shape index (κ3) is 4.20. The number of morpholine rings is 1. The molecule has 1 N–H and O–H groups in total. The van der Waals surface area contributed by atoms with Crippen LogP contribution < -0.4 is 5.32 Å². The number of nitrogens with one attached hydrogen (secondary N) is 1. The summed E-state index contributed by atoms with van der Waals surface area (Å²) in [5.74, 6) is -0.377. The highest BCUT2D eigenvalue weighted by atomic mass is 16.5. The van der Waals surface area contributed by atoms with Gasteiger partial charge in [0.25, 0.3) is 0 Å². The smallest absolute Gasteiger partial charge is 0.338 e. The molecule has 0 radical (unpaired) electrons. The van der Waals surface area contributed by atoms with Crippen molar-refractivity contribution in [1.82, 2.24) is 15.1 Å². The van der Waals surface area contributed by atoms with Crippen molar-refractivity contribution in [2.45, 2.75) is 26.8 Å². The summed E-state index contributed by atoms with van der Waals surface area (Å²) < 4.78 is 10.8. The summed E-state index contributed by atoms with van der Waals surface area (Å²) in [4.78, 5) is 29.8. The number of hydrogen-bond acceptors (Lipinski definition) is 5. The lowest BCUT2D eigenvalue weighted by Gasteiger charge is -2.39. The summed E-state index contributed by atoms with van der Waals surface area (Å²) in [6, 6.07) is 7.10. The highest BCUT2D eigenvalue weighted by Gasteiger charge is 2.38. The van der Waals surface area contributed by atoms with Gasteiger partial charge in [0, 0.05) is 31.9 Å². The van der Waals surface area contributed by atoms with Gasteiger partial charge in [-0.25, -0.2) is 9.59 Å². The van der Waals surface area contributed by atoms with Gasteiger partial charge < -0.3 is 14.8 Å². The Morgan fingerprint density at radius 3 is 2.61 bits per heavy atom. The number of ether oxygens (including phenoxy) is 2. The van der Waals surface area contributed by atoms with Crippen LogP contribution in [0.25, 0.3) is 0 Å². The van der Waals surface area contributed by atoms with Gasteiger partial charge in [-0.2, -0.15) is 0 Å². The Bertz CT molecular complexity index is 756. The molecular weight excluding hydrogens is 358 g/mol. The molecule has 0 aliphatic carbocycles. The number of urea groups is 1. The van der Waals surface area contributed by atoms with Crippen molar-refractivity contribution in [2.75, 3.05) is 46.0 Å². The number of carbonyl (C=O) groups is 2. The Hall–Kier alpha value is -2.38. The average molecular weight is 387 g/mol. The fraction of sp³-hybridized carbons (Fsp3) is 0.524. The monoisotopic (exact) mass is 387 g/mol. The molecule has 0 spiro atoms. The van der Waals surface area contributed by atoms with Crippen LogP contribution >= 0.6 is 0 Å². The maximum Gasteiger partial charge on any atom is 0.338 e. The van der Waals surface area contributed by atoms with Gasteiger partial charge in [0.2, 0.25) is 0 Å². The van der Waals surface area contributed by atoms with E-state index >= 15 is 0 Å². The molecule has 1 aromatic carbocycles. The molecule has 2 aliphatic rings. The first-order valence-corrected chi connectivity index (χ1v) is 9.90. The van der Waals surface area contributed by atoms with E-state index in [1.807, 2.05) is 38.1 Å². The Balaban J connectivity index is 2.09. The van der Waals surface area contributed by atoms with Crippen LogP contribution in [-0.4, -0.2) is 67.8 Å². The first kappa shape index (κ1) is 20.4. The van der Waals surface area contributed by atoms with Crippen LogP contribution in [-0.2, 0) is 14.3 Å². The van der Waals surface area contributed by atoms with E-state index in [0.29, 0.717) is 31.9 Å². The molecule has 28 heavy (non-hydrogen) atoms. The van der Waals surface area contributed by atoms with Crippen molar-refractivity contribution in [2.24, 2.45) is 0 Å². The first-order valence-electron chi connectivity index (χ1n) is 9.90. The van der Waals surface area contributed by atoms with Gasteiger partial charge >= 0.3 is 12.0 Å². The molecule has 7 nitrogen and oxygen atoms in total. The van der Waals surface area contributed by atoms with E-state index in [1.165, 1.54) is 0 Å². The van der Waals surface area contributed by atoms with Crippen molar-refractivity contribution in [3.8, 4) is 0 Å². The molecule has 2 heterocycles. The van der Waals surface area contributed by atoms with Crippen LogP contribution in [0, 0.1) is 6.92 Å². The third-order valence-electron chi connectivity index (χ3n) is 5.23. The Labute approximate surface area is 166 Å². The third-order valence-corrected chi connectivity index (χ3v) is 5.23. The molecule has 2 aliphatic heterocycles. The predicted molar refractivity (Wildman–Crippen MR) is 106 cm³/mol. The molecule has 1 fully saturated rings. The average Bonchev–Trinajstić information content (AvgIpc) is 2.69. The van der Waals surface area contributed by atoms with E-state index in [2.05, 4.69) is 10.2 Å². The molecule has 0 unspecified atom stereocenters. The van der Waals surface area contributed by atoms with Crippen molar-refractivity contribution in [1.29, 1.82) is 0 Å². The highest BCUT2D eigenvalue weighted by molar-refractivity contribution is 5.95. The second-order valence-corrected chi connectivity index (χ2v) is 6.95.